The quantitative estimate of drug-likeness (QED) is 0.330. The second-order valence-corrected chi connectivity index (χ2v) is 6.13. The van der Waals surface area contributed by atoms with Crippen molar-refractivity contribution in [3.8, 4) is 11.5 Å². The highest BCUT2D eigenvalue weighted by molar-refractivity contribution is 6.01. The van der Waals surface area contributed by atoms with Crippen molar-refractivity contribution in [2.45, 2.75) is 39.3 Å². The smallest absolute Gasteiger partial charge is 0.286 e. The average molecular weight is 397 g/mol. The van der Waals surface area contributed by atoms with Crippen molar-refractivity contribution in [3.05, 3.63) is 27.8 Å². The van der Waals surface area contributed by atoms with Crippen LogP contribution < -0.4 is 20.1 Å². The second kappa shape index (κ2) is 11.1. The molecule has 10 heteroatoms. The Balaban J connectivity index is 3.08. The van der Waals surface area contributed by atoms with E-state index in [9.17, 15) is 19.7 Å². The molecule has 2 N–H and O–H groups in total. The first kappa shape index (κ1) is 23.2. The van der Waals surface area contributed by atoms with Gasteiger partial charge in [0.15, 0.2) is 11.5 Å². The van der Waals surface area contributed by atoms with E-state index < -0.39 is 22.6 Å². The van der Waals surface area contributed by atoms with Crippen LogP contribution in [0.25, 0.3) is 0 Å². The number of benzene rings is 1. The van der Waals surface area contributed by atoms with Crippen LogP contribution in [0.5, 0.6) is 11.5 Å². The lowest BCUT2D eigenvalue weighted by atomic mass is 10.1. The molecule has 0 fully saturated rings. The van der Waals surface area contributed by atoms with Gasteiger partial charge in [-0.2, -0.15) is 0 Å². The Bertz CT molecular complexity index is 709. The number of nitrogens with one attached hydrogen (secondary N) is 2. The molecular formula is C18H27N3O7. The molecule has 0 saturated carbocycles. The Kier molecular flexibility index (Phi) is 9.16. The van der Waals surface area contributed by atoms with Gasteiger partial charge >= 0.3 is 0 Å². The molecule has 1 aromatic rings. The lowest BCUT2D eigenvalue weighted by Gasteiger charge is -2.18. The summed E-state index contributed by atoms with van der Waals surface area (Å²) < 4.78 is 15.5. The van der Waals surface area contributed by atoms with Crippen molar-refractivity contribution in [2.24, 2.45) is 0 Å². The average Bonchev–Trinajstić information content (AvgIpc) is 2.67. The van der Waals surface area contributed by atoms with Gasteiger partial charge in [-0.15, -0.1) is 0 Å². The van der Waals surface area contributed by atoms with Gasteiger partial charge in [0.05, 0.1) is 24.7 Å². The molecule has 0 aliphatic carbocycles. The molecule has 0 bridgehead atoms. The summed E-state index contributed by atoms with van der Waals surface area (Å²) in [7, 11) is 2.85. The van der Waals surface area contributed by atoms with Gasteiger partial charge in [-0.3, -0.25) is 19.7 Å². The Labute approximate surface area is 163 Å². The highest BCUT2D eigenvalue weighted by atomic mass is 16.6. The lowest BCUT2D eigenvalue weighted by Crippen LogP contribution is -2.47. The molecule has 28 heavy (non-hydrogen) atoms. The number of nitro groups is 1. The first-order valence-corrected chi connectivity index (χ1v) is 8.84. The third-order valence-electron chi connectivity index (χ3n) is 4.01. The SMILES string of the molecule is CCC(C)NC(=O)C(C)NC(=O)c1cc(OC)c(OCCOC)cc1[N+](=O)[O-]. The zero-order valence-electron chi connectivity index (χ0n) is 16.7. The van der Waals surface area contributed by atoms with E-state index in [4.69, 9.17) is 14.2 Å². The number of methoxy groups -OCH3 is 2. The molecule has 156 valence electrons. The first-order valence-electron chi connectivity index (χ1n) is 8.84. The van der Waals surface area contributed by atoms with E-state index >= 15 is 0 Å². The minimum absolute atomic E-state index is 0.0511. The fourth-order valence-corrected chi connectivity index (χ4v) is 2.20. The van der Waals surface area contributed by atoms with Crippen LogP contribution in [-0.2, 0) is 9.53 Å². The van der Waals surface area contributed by atoms with Gasteiger partial charge in [0.1, 0.15) is 18.2 Å². The minimum Gasteiger partial charge on any atom is -0.493 e. The number of nitrogens with zero attached hydrogens (tertiary/aromatic N) is 1. The summed E-state index contributed by atoms with van der Waals surface area (Å²) in [6, 6.07) is 1.41. The van der Waals surface area contributed by atoms with E-state index in [0.29, 0.717) is 0 Å². The molecule has 1 rings (SSSR count). The molecule has 0 saturated heterocycles. The number of rotatable bonds is 11. The maximum atomic E-state index is 12.6. The number of hydrogen-bond acceptors (Lipinski definition) is 7. The highest BCUT2D eigenvalue weighted by Gasteiger charge is 2.27. The van der Waals surface area contributed by atoms with Gasteiger partial charge in [0, 0.05) is 19.2 Å². The van der Waals surface area contributed by atoms with Crippen molar-refractivity contribution in [1.29, 1.82) is 0 Å². The second-order valence-electron chi connectivity index (χ2n) is 6.13. The van der Waals surface area contributed by atoms with Crippen LogP contribution in [0.2, 0.25) is 0 Å². The summed E-state index contributed by atoms with van der Waals surface area (Å²) in [5.41, 5.74) is -0.690. The van der Waals surface area contributed by atoms with E-state index in [2.05, 4.69) is 10.6 Å². The zero-order valence-corrected chi connectivity index (χ0v) is 16.7. The number of hydrogen-bond donors (Lipinski definition) is 2. The standard InChI is InChI=1S/C18H27N3O7/c1-6-11(2)19-17(22)12(3)20-18(23)13-9-15(27-5)16(28-8-7-26-4)10-14(13)21(24)25/h9-12H,6-8H2,1-5H3,(H,19,22)(H,20,23). The Morgan fingerprint density at radius 2 is 1.82 bits per heavy atom. The van der Waals surface area contributed by atoms with E-state index in [0.717, 1.165) is 12.5 Å². The summed E-state index contributed by atoms with van der Waals surface area (Å²) in [6.07, 6.45) is 0.736. The predicted octanol–water partition coefficient (Wildman–Crippen LogP) is 1.66. The molecule has 1 aromatic carbocycles. The lowest BCUT2D eigenvalue weighted by molar-refractivity contribution is -0.385. The van der Waals surface area contributed by atoms with Crippen LogP contribution in [0.3, 0.4) is 0 Å². The summed E-state index contributed by atoms with van der Waals surface area (Å²) in [5.74, 6) is -0.869. The molecule has 0 radical (unpaired) electrons. The van der Waals surface area contributed by atoms with E-state index in [-0.39, 0.29) is 42.2 Å². The summed E-state index contributed by atoms with van der Waals surface area (Å²) in [4.78, 5) is 35.4. The third-order valence-corrected chi connectivity index (χ3v) is 4.01. The summed E-state index contributed by atoms with van der Waals surface area (Å²) >= 11 is 0. The molecule has 0 aliphatic heterocycles. The van der Waals surface area contributed by atoms with Crippen molar-refractivity contribution in [2.75, 3.05) is 27.4 Å². The van der Waals surface area contributed by atoms with Crippen LogP contribution >= 0.6 is 0 Å². The number of nitro benzene ring substituents is 1. The maximum Gasteiger partial charge on any atom is 0.286 e. The van der Waals surface area contributed by atoms with Crippen molar-refractivity contribution in [3.63, 3.8) is 0 Å². The highest BCUT2D eigenvalue weighted by Crippen LogP contribution is 2.34. The van der Waals surface area contributed by atoms with E-state index in [1.165, 1.54) is 27.2 Å². The number of carbonyl (C=O) groups excluding carboxylic acids is 2. The van der Waals surface area contributed by atoms with Crippen molar-refractivity contribution >= 4 is 17.5 Å². The van der Waals surface area contributed by atoms with Crippen LogP contribution in [0.1, 0.15) is 37.6 Å². The Hall–Kier alpha value is -2.88. The Morgan fingerprint density at radius 1 is 1.14 bits per heavy atom. The third kappa shape index (κ3) is 6.38. The van der Waals surface area contributed by atoms with Crippen LogP contribution in [-0.4, -0.2) is 56.3 Å². The van der Waals surface area contributed by atoms with Gasteiger partial charge in [0.25, 0.3) is 11.6 Å². The molecule has 0 spiro atoms. The van der Waals surface area contributed by atoms with Gasteiger partial charge in [-0.1, -0.05) is 6.92 Å². The molecule has 2 unspecified atom stereocenters. The van der Waals surface area contributed by atoms with E-state index in [1.807, 2.05) is 13.8 Å². The zero-order chi connectivity index (χ0) is 21.3. The van der Waals surface area contributed by atoms with Crippen molar-refractivity contribution < 1.29 is 28.7 Å². The molecule has 2 atom stereocenters. The number of amides is 2. The van der Waals surface area contributed by atoms with Gasteiger partial charge in [-0.05, 0) is 20.3 Å². The molecule has 0 heterocycles. The predicted molar refractivity (Wildman–Crippen MR) is 102 cm³/mol. The molecule has 10 nitrogen and oxygen atoms in total. The summed E-state index contributed by atoms with van der Waals surface area (Å²) in [6.45, 7) is 5.69. The van der Waals surface area contributed by atoms with Crippen LogP contribution in [0, 0.1) is 10.1 Å². The van der Waals surface area contributed by atoms with Gasteiger partial charge in [-0.25, -0.2) is 0 Å². The number of ether oxygens (including phenoxy) is 3. The van der Waals surface area contributed by atoms with Crippen molar-refractivity contribution in [1.82, 2.24) is 10.6 Å². The van der Waals surface area contributed by atoms with Gasteiger partial charge in [0.2, 0.25) is 5.91 Å². The fraction of sp³-hybridized carbons (Fsp3) is 0.556. The molecular weight excluding hydrogens is 370 g/mol. The molecule has 2 amide bonds. The minimum atomic E-state index is -0.871. The monoisotopic (exact) mass is 397 g/mol. The maximum absolute atomic E-state index is 12.6. The Morgan fingerprint density at radius 3 is 2.36 bits per heavy atom. The fourth-order valence-electron chi connectivity index (χ4n) is 2.20. The van der Waals surface area contributed by atoms with E-state index in [1.54, 1.807) is 0 Å². The number of carbonyl (C=O) groups is 2. The van der Waals surface area contributed by atoms with Crippen LogP contribution in [0.4, 0.5) is 5.69 Å². The normalized spacial score (nSPS) is 12.6. The van der Waals surface area contributed by atoms with Crippen LogP contribution in [0.15, 0.2) is 12.1 Å². The summed E-state index contributed by atoms with van der Waals surface area (Å²) in [5, 5.41) is 16.6. The topological polar surface area (TPSA) is 129 Å². The molecule has 0 aromatic heterocycles. The van der Waals surface area contributed by atoms with Gasteiger partial charge < -0.3 is 24.8 Å². The largest absolute Gasteiger partial charge is 0.493 e. The first-order chi connectivity index (χ1) is 13.2. The molecule has 0 aliphatic rings.